The molecule has 228 valence electrons. The van der Waals surface area contributed by atoms with E-state index in [9.17, 15) is 13.6 Å². The Morgan fingerprint density at radius 2 is 1.95 bits per heavy atom. The van der Waals surface area contributed by atoms with Crippen LogP contribution in [0.4, 0.5) is 13.6 Å². The van der Waals surface area contributed by atoms with Crippen molar-refractivity contribution in [3.63, 3.8) is 0 Å². The van der Waals surface area contributed by atoms with Crippen molar-refractivity contribution in [1.29, 1.82) is 0 Å². The largest absolute Gasteiger partial charge is 0.444 e. The molecule has 1 aliphatic carbocycles. The van der Waals surface area contributed by atoms with E-state index < -0.39 is 17.4 Å². The molecule has 0 spiro atoms. The summed E-state index contributed by atoms with van der Waals surface area (Å²) in [6.07, 6.45) is 5.37. The zero-order valence-electron chi connectivity index (χ0n) is 24.8. The third-order valence-corrected chi connectivity index (χ3v) is 8.52. The maximum Gasteiger partial charge on any atom is 0.410 e. The number of hydrogen-bond acceptors (Lipinski definition) is 6. The van der Waals surface area contributed by atoms with Gasteiger partial charge in [-0.3, -0.25) is 14.6 Å². The van der Waals surface area contributed by atoms with Gasteiger partial charge in [0, 0.05) is 86.7 Å². The molecule has 1 amide bonds. The van der Waals surface area contributed by atoms with Crippen LogP contribution in [-0.2, 0) is 17.7 Å². The van der Waals surface area contributed by atoms with Gasteiger partial charge in [-0.2, -0.15) is 5.10 Å². The van der Waals surface area contributed by atoms with Crippen LogP contribution in [0.25, 0.3) is 22.2 Å². The number of imidazole rings is 1. The number of amides is 1. The maximum atomic E-state index is 13.3. The molecule has 2 atom stereocenters. The quantitative estimate of drug-likeness (QED) is 0.262. The van der Waals surface area contributed by atoms with E-state index in [-0.39, 0.29) is 25.1 Å². The van der Waals surface area contributed by atoms with Gasteiger partial charge >= 0.3 is 6.09 Å². The number of pyridine rings is 1. The van der Waals surface area contributed by atoms with Crippen molar-refractivity contribution in [2.45, 2.75) is 64.6 Å². The normalized spacial score (nSPS) is 19.5. The minimum Gasteiger partial charge on any atom is -0.444 e. The molecule has 4 heterocycles. The van der Waals surface area contributed by atoms with Crippen LogP contribution in [0.1, 0.15) is 57.2 Å². The number of alkyl halides is 2. The Bertz CT molecular complexity index is 1640. The van der Waals surface area contributed by atoms with Crippen molar-refractivity contribution in [2.24, 2.45) is 5.92 Å². The second kappa shape index (κ2) is 11.2. The van der Waals surface area contributed by atoms with Gasteiger partial charge in [0.25, 0.3) is 5.92 Å². The zero-order chi connectivity index (χ0) is 30.5. The Morgan fingerprint density at radius 1 is 1.21 bits per heavy atom. The van der Waals surface area contributed by atoms with Crippen LogP contribution in [0, 0.1) is 5.92 Å². The number of benzene rings is 1. The lowest BCUT2D eigenvalue weighted by atomic mass is 10.1. The molecule has 2 unspecified atom stereocenters. The van der Waals surface area contributed by atoms with E-state index in [1.165, 1.54) is 0 Å². The van der Waals surface area contributed by atoms with Crippen LogP contribution in [0.2, 0.25) is 5.02 Å². The fraction of sp³-hybridized carbons (Fsp3) is 0.484. The van der Waals surface area contributed by atoms with E-state index in [1.54, 1.807) is 22.0 Å². The Kier molecular flexibility index (Phi) is 7.66. The first-order valence-electron chi connectivity index (χ1n) is 14.6. The van der Waals surface area contributed by atoms with Crippen LogP contribution in [0.5, 0.6) is 0 Å². The van der Waals surface area contributed by atoms with Gasteiger partial charge in [-0.05, 0) is 51.5 Å². The first-order chi connectivity index (χ1) is 20.4. The number of aromatic amines is 1. The van der Waals surface area contributed by atoms with Gasteiger partial charge in [-0.25, -0.2) is 18.6 Å². The number of rotatable bonds is 7. The van der Waals surface area contributed by atoms with E-state index >= 15 is 0 Å². The maximum absolute atomic E-state index is 13.3. The highest BCUT2D eigenvalue weighted by Gasteiger charge is 2.56. The minimum absolute atomic E-state index is 0.0888. The Morgan fingerprint density at radius 3 is 2.65 bits per heavy atom. The number of aromatic nitrogens is 5. The van der Waals surface area contributed by atoms with Gasteiger partial charge in [-0.15, -0.1) is 0 Å². The average Bonchev–Trinajstić information content (AvgIpc) is 3.28. The molecule has 1 aliphatic heterocycles. The first-order valence-corrected chi connectivity index (χ1v) is 15.0. The van der Waals surface area contributed by atoms with Crippen molar-refractivity contribution >= 4 is 28.7 Å². The van der Waals surface area contributed by atoms with E-state index in [0.29, 0.717) is 30.0 Å². The van der Waals surface area contributed by atoms with Gasteiger partial charge in [0.1, 0.15) is 16.9 Å². The van der Waals surface area contributed by atoms with Crippen LogP contribution < -0.4 is 0 Å². The molecule has 9 nitrogen and oxygen atoms in total. The molecule has 3 aromatic heterocycles. The van der Waals surface area contributed by atoms with Crippen molar-refractivity contribution in [3.8, 4) is 11.1 Å². The highest BCUT2D eigenvalue weighted by Crippen LogP contribution is 2.49. The summed E-state index contributed by atoms with van der Waals surface area (Å²) in [6, 6.07) is 8.09. The SMILES string of the molecule is CC(c1ccnc(Cc2nc3c(Cl)c(-c4cnn(CC5CC5(F)F)c4)ccc3[nH]2)c1)N1CCN(C(=O)OC(C)(C)C)CC1. The van der Waals surface area contributed by atoms with E-state index in [2.05, 4.69) is 33.0 Å². The number of halogens is 3. The summed E-state index contributed by atoms with van der Waals surface area (Å²) in [7, 11) is 0. The predicted molar refractivity (Wildman–Crippen MR) is 160 cm³/mol. The molecule has 12 heteroatoms. The summed E-state index contributed by atoms with van der Waals surface area (Å²) in [5.74, 6) is -2.50. The standard InChI is InChI=1S/C31H36ClF2N7O2/c1-19(39-9-11-40(12-10-39)29(42)43-30(2,3)4)20-7-8-35-23(13-20)14-26-37-25-6-5-24(27(32)28(25)38-26)21-16-36-41(17-21)18-22-15-31(22,33)34/h5-8,13,16-17,19,22H,9-12,14-15,18H2,1-4H3,(H,37,38). The van der Waals surface area contributed by atoms with Crippen molar-refractivity contribution in [2.75, 3.05) is 26.2 Å². The molecule has 1 saturated carbocycles. The van der Waals surface area contributed by atoms with E-state index in [0.717, 1.165) is 46.8 Å². The smallest absolute Gasteiger partial charge is 0.410 e. The Balaban J connectivity index is 1.11. The number of carbonyl (C=O) groups is 1. The van der Waals surface area contributed by atoms with E-state index in [4.69, 9.17) is 21.3 Å². The molecule has 4 aromatic rings. The lowest BCUT2D eigenvalue weighted by Gasteiger charge is -2.38. The summed E-state index contributed by atoms with van der Waals surface area (Å²) in [5, 5.41) is 4.75. The number of ether oxygens (including phenoxy) is 1. The number of fused-ring (bicyclic) bond motifs is 1. The van der Waals surface area contributed by atoms with Crippen molar-refractivity contribution in [3.05, 3.63) is 65.0 Å². The van der Waals surface area contributed by atoms with Crippen molar-refractivity contribution < 1.29 is 18.3 Å². The molecule has 0 radical (unpaired) electrons. The summed E-state index contributed by atoms with van der Waals surface area (Å²) in [4.78, 5) is 29.3. The topological polar surface area (TPSA) is 92.2 Å². The molecule has 1 saturated heterocycles. The third-order valence-electron chi connectivity index (χ3n) is 8.13. The molecule has 1 N–H and O–H groups in total. The lowest BCUT2D eigenvalue weighted by molar-refractivity contribution is 0.0110. The molecule has 6 rings (SSSR count). The number of nitrogens with one attached hydrogen (secondary N) is 1. The van der Waals surface area contributed by atoms with Gasteiger partial charge in [0.05, 0.1) is 16.7 Å². The summed E-state index contributed by atoms with van der Waals surface area (Å²) >= 11 is 6.79. The molecular weight excluding hydrogens is 576 g/mol. The van der Waals surface area contributed by atoms with Gasteiger partial charge < -0.3 is 14.6 Å². The highest BCUT2D eigenvalue weighted by molar-refractivity contribution is 6.37. The minimum atomic E-state index is -2.58. The zero-order valence-corrected chi connectivity index (χ0v) is 25.5. The average molecular weight is 612 g/mol. The van der Waals surface area contributed by atoms with Gasteiger partial charge in [0.2, 0.25) is 0 Å². The summed E-state index contributed by atoms with van der Waals surface area (Å²) in [5.41, 5.74) is 4.48. The Hall–Kier alpha value is -3.57. The second-order valence-corrected chi connectivity index (χ2v) is 12.9. The number of H-pyrrole nitrogens is 1. The fourth-order valence-corrected chi connectivity index (χ4v) is 5.87. The van der Waals surface area contributed by atoms with Crippen molar-refractivity contribution in [1.82, 2.24) is 34.5 Å². The van der Waals surface area contributed by atoms with Gasteiger partial charge in [-0.1, -0.05) is 17.7 Å². The first kappa shape index (κ1) is 29.5. The third kappa shape index (κ3) is 6.52. The lowest BCUT2D eigenvalue weighted by Crippen LogP contribution is -2.50. The van der Waals surface area contributed by atoms with Crippen LogP contribution in [-0.4, -0.2) is 78.3 Å². The number of nitrogens with zero attached hydrogens (tertiary/aromatic N) is 6. The number of hydrogen-bond donors (Lipinski definition) is 1. The summed E-state index contributed by atoms with van der Waals surface area (Å²) < 4.78 is 33.8. The fourth-order valence-electron chi connectivity index (χ4n) is 5.55. The highest BCUT2D eigenvalue weighted by atomic mass is 35.5. The number of carbonyl (C=O) groups excluding carboxylic acids is 1. The molecule has 2 fully saturated rings. The molecule has 2 aliphatic rings. The van der Waals surface area contributed by atoms with Crippen LogP contribution in [0.3, 0.4) is 0 Å². The predicted octanol–water partition coefficient (Wildman–Crippen LogP) is 6.33. The van der Waals surface area contributed by atoms with Crippen LogP contribution >= 0.6 is 11.6 Å². The van der Waals surface area contributed by atoms with E-state index in [1.807, 2.05) is 45.2 Å². The Labute approximate surface area is 254 Å². The monoisotopic (exact) mass is 611 g/mol. The molecule has 43 heavy (non-hydrogen) atoms. The summed E-state index contributed by atoms with van der Waals surface area (Å²) in [6.45, 7) is 10.7. The molecule has 0 bridgehead atoms. The number of piperazine rings is 1. The van der Waals surface area contributed by atoms with Crippen LogP contribution in [0.15, 0.2) is 42.9 Å². The second-order valence-electron chi connectivity index (χ2n) is 12.6. The molecular formula is C31H36ClF2N7O2. The van der Waals surface area contributed by atoms with Gasteiger partial charge in [0.15, 0.2) is 0 Å². The molecule has 1 aromatic carbocycles.